The van der Waals surface area contributed by atoms with E-state index >= 15 is 0 Å². The van der Waals surface area contributed by atoms with Gasteiger partial charge in [0.1, 0.15) is 0 Å². The zero-order valence-corrected chi connectivity index (χ0v) is 34.4. The zero-order valence-electron chi connectivity index (χ0n) is 29.2. The number of halogens is 2. The molecule has 0 aromatic heterocycles. The van der Waals surface area contributed by atoms with E-state index in [1.54, 1.807) is 0 Å². The predicted octanol–water partition coefficient (Wildman–Crippen LogP) is 11.1. The molecule has 2 aliphatic rings. The monoisotopic (exact) mass is 741 g/mol. The second-order valence-electron chi connectivity index (χ2n) is 16.1. The molecule has 0 aliphatic heterocycles. The molecule has 0 N–H and O–H groups in total. The summed E-state index contributed by atoms with van der Waals surface area (Å²) in [6.45, 7) is 23.2. The standard InChI is InChI=1S/2C15H19.C12H11Si.2ClH.Zr/c2*1-10-8-12-11(2)6-7-14(13(12)9-10)15(3,4)5;1-3-7-11(8-4-1)13-12-9-5-2-6-10-12;;;/h2*6-9H,1-5H3;1-10,13H;2*1H;/q;;;;;+2/p-2. The van der Waals surface area contributed by atoms with Gasteiger partial charge in [0.15, 0.2) is 0 Å². The molecule has 2 unspecified atom stereocenters. The average molecular weight is 744 g/mol. The van der Waals surface area contributed by atoms with Crippen molar-refractivity contribution >= 4 is 45.5 Å². The van der Waals surface area contributed by atoms with E-state index < -0.39 is 21.5 Å². The zero-order chi connectivity index (χ0) is 33.4. The van der Waals surface area contributed by atoms with Crippen LogP contribution in [0.5, 0.6) is 0 Å². The summed E-state index contributed by atoms with van der Waals surface area (Å²) in [6, 6.07) is 31.6. The van der Waals surface area contributed by atoms with Crippen molar-refractivity contribution in [3.8, 4) is 0 Å². The molecule has 0 saturated carbocycles. The molecule has 0 amide bonds. The molecule has 0 bridgehead atoms. The Bertz CT molecular complexity index is 1750. The molecule has 239 valence electrons. The Hall–Kier alpha value is -1.96. The van der Waals surface area contributed by atoms with Gasteiger partial charge in [-0.05, 0) is 0 Å². The van der Waals surface area contributed by atoms with E-state index in [2.05, 4.69) is 166 Å². The number of aryl methyl sites for hydroxylation is 2. The Morgan fingerprint density at radius 2 is 0.870 bits per heavy atom. The fraction of sp³-hybridized carbons (Fsp3) is 0.333. The number of rotatable bonds is 5. The second-order valence-corrected chi connectivity index (χ2v) is 54.3. The molecule has 0 heterocycles. The Morgan fingerprint density at radius 3 is 1.20 bits per heavy atom. The first-order valence-electron chi connectivity index (χ1n) is 16.8. The van der Waals surface area contributed by atoms with Crippen molar-refractivity contribution in [3.05, 3.63) is 141 Å². The normalized spacial score (nSPS) is 18.9. The van der Waals surface area contributed by atoms with E-state index in [0.29, 0.717) is 0 Å². The molecule has 0 fully saturated rings. The van der Waals surface area contributed by atoms with Crippen molar-refractivity contribution in [1.29, 1.82) is 0 Å². The van der Waals surface area contributed by atoms with Gasteiger partial charge in [-0.25, -0.2) is 0 Å². The molecule has 0 radical (unpaired) electrons. The van der Waals surface area contributed by atoms with Crippen molar-refractivity contribution in [3.63, 3.8) is 0 Å². The molecule has 4 heteroatoms. The van der Waals surface area contributed by atoms with Crippen LogP contribution in [-0.4, -0.2) is 5.92 Å². The number of hydrogen-bond acceptors (Lipinski definition) is 0. The van der Waals surface area contributed by atoms with Gasteiger partial charge < -0.3 is 0 Å². The molecular formula is C42H49Cl2SiZr. The Kier molecular flexibility index (Phi) is 8.54. The summed E-state index contributed by atoms with van der Waals surface area (Å²) in [5, 5.41) is 2.70. The van der Waals surface area contributed by atoms with Crippen LogP contribution in [0.1, 0.15) is 107 Å². The molecule has 6 rings (SSSR count). The minimum atomic E-state index is -5.33. The van der Waals surface area contributed by atoms with Crippen LogP contribution in [-0.2, 0) is 26.4 Å². The van der Waals surface area contributed by atoms with E-state index in [-0.39, 0.29) is 18.1 Å². The van der Waals surface area contributed by atoms with Crippen molar-refractivity contribution in [2.75, 3.05) is 0 Å². The molecule has 4 aromatic rings. The number of fused-ring (bicyclic) bond motifs is 2. The summed E-state index contributed by atoms with van der Waals surface area (Å²) in [5.74, 6) is -2.29. The quantitative estimate of drug-likeness (QED) is 0.179. The minimum absolute atomic E-state index is 0.00293. The summed E-state index contributed by atoms with van der Waals surface area (Å²) < 4.78 is -0.00714. The first-order valence-corrected chi connectivity index (χ1v) is 31.9. The summed E-state index contributed by atoms with van der Waals surface area (Å²) in [4.78, 5) is 0. The van der Waals surface area contributed by atoms with Gasteiger partial charge in [0.25, 0.3) is 0 Å². The van der Waals surface area contributed by atoms with Crippen LogP contribution in [0.3, 0.4) is 0 Å². The maximum atomic E-state index is 9.12. The van der Waals surface area contributed by atoms with Crippen LogP contribution >= 0.6 is 17.0 Å². The van der Waals surface area contributed by atoms with Gasteiger partial charge in [0.05, 0.1) is 0 Å². The van der Waals surface area contributed by atoms with Crippen LogP contribution in [0.4, 0.5) is 0 Å². The average Bonchev–Trinajstić information content (AvgIpc) is 3.52. The summed E-state index contributed by atoms with van der Waals surface area (Å²) in [5.41, 5.74) is 13.5. The molecule has 46 heavy (non-hydrogen) atoms. The Balaban J connectivity index is 1.79. The molecule has 0 nitrogen and oxygen atoms in total. The molecular weight excluding hydrogens is 695 g/mol. The van der Waals surface area contributed by atoms with Crippen LogP contribution in [0.25, 0.3) is 12.2 Å². The molecule has 0 saturated heterocycles. The molecule has 2 atom stereocenters. The third-order valence-electron chi connectivity index (χ3n) is 10.8. The summed E-state index contributed by atoms with van der Waals surface area (Å²) in [6.07, 6.45) is 4.92. The predicted molar refractivity (Wildman–Crippen MR) is 204 cm³/mol. The van der Waals surface area contributed by atoms with Gasteiger partial charge in [-0.2, -0.15) is 0 Å². The third kappa shape index (κ3) is 5.26. The van der Waals surface area contributed by atoms with Crippen LogP contribution in [0, 0.1) is 13.8 Å². The van der Waals surface area contributed by atoms with E-state index in [1.807, 2.05) is 0 Å². The van der Waals surface area contributed by atoms with Gasteiger partial charge in [-0.3, -0.25) is 0 Å². The van der Waals surface area contributed by atoms with Gasteiger partial charge in [-0.1, -0.05) is 0 Å². The number of allylic oxidation sites excluding steroid dienone is 2. The van der Waals surface area contributed by atoms with E-state index in [4.69, 9.17) is 17.0 Å². The van der Waals surface area contributed by atoms with Gasteiger partial charge in [0.2, 0.25) is 0 Å². The summed E-state index contributed by atoms with van der Waals surface area (Å²) in [7, 11) is 18.2. The Morgan fingerprint density at radius 1 is 0.522 bits per heavy atom. The van der Waals surface area contributed by atoms with Crippen molar-refractivity contribution in [2.45, 2.75) is 87.3 Å². The fourth-order valence-corrected chi connectivity index (χ4v) is 60.5. The van der Waals surface area contributed by atoms with Gasteiger partial charge >= 0.3 is 289 Å². The van der Waals surface area contributed by atoms with Gasteiger partial charge in [-0.15, -0.1) is 0 Å². The van der Waals surface area contributed by atoms with E-state index in [9.17, 15) is 0 Å². The molecule has 2 aliphatic carbocycles. The number of hydrogen-bond donors (Lipinski definition) is 0. The van der Waals surface area contributed by atoms with Gasteiger partial charge in [0, 0.05) is 0 Å². The Labute approximate surface area is 286 Å². The third-order valence-corrected chi connectivity index (χ3v) is 53.0. The van der Waals surface area contributed by atoms with E-state index in [1.165, 1.54) is 66.0 Å². The first-order chi connectivity index (χ1) is 21.5. The van der Waals surface area contributed by atoms with Crippen molar-refractivity contribution in [2.24, 2.45) is 0 Å². The fourth-order valence-electron chi connectivity index (χ4n) is 9.00. The van der Waals surface area contributed by atoms with Crippen LogP contribution in [0.2, 0.25) is 0 Å². The second kappa shape index (κ2) is 11.6. The maximum absolute atomic E-state index is 9.12. The SMILES string of the molecule is CC1=Cc2c(C(C)(C)C)ccc(C)c2[CH]1[Zr]([Cl])([Cl])([CH]1C(C)=Cc2c(C(C)(C)C)ccc(C)c21)[SiH](c1ccccc1)c1ccccc1. The topological polar surface area (TPSA) is 0 Å². The van der Waals surface area contributed by atoms with Crippen LogP contribution < -0.4 is 10.4 Å². The summed E-state index contributed by atoms with van der Waals surface area (Å²) >= 11 is -5.33. The van der Waals surface area contributed by atoms with E-state index in [0.717, 1.165) is 0 Å². The van der Waals surface area contributed by atoms with Crippen molar-refractivity contribution in [1.82, 2.24) is 0 Å². The molecule has 4 aromatic carbocycles. The number of benzene rings is 4. The first kappa shape index (κ1) is 33.9. The molecule has 0 spiro atoms. The van der Waals surface area contributed by atoms with Crippen LogP contribution in [0.15, 0.2) is 96.1 Å². The van der Waals surface area contributed by atoms with Crippen molar-refractivity contribution < 1.29 is 15.6 Å².